The maximum Gasteiger partial charge on any atom is 0.255 e. The number of hydrogen-bond donors (Lipinski definition) is 2. The number of carbonyl (C=O) groups is 1. The summed E-state index contributed by atoms with van der Waals surface area (Å²) in [5.74, 6) is -0.254. The Balaban J connectivity index is 1.66. The van der Waals surface area contributed by atoms with E-state index < -0.39 is 10.0 Å². The van der Waals surface area contributed by atoms with Crippen LogP contribution in [-0.4, -0.2) is 14.3 Å². The highest BCUT2D eigenvalue weighted by Crippen LogP contribution is 2.18. The Bertz CT molecular complexity index is 1140. The number of anilines is 2. The molecule has 0 aliphatic carbocycles. The molecule has 0 aromatic heterocycles. The molecule has 3 aromatic carbocycles. The molecule has 0 atom stereocenters. The van der Waals surface area contributed by atoms with E-state index in [-0.39, 0.29) is 5.91 Å². The van der Waals surface area contributed by atoms with Crippen molar-refractivity contribution in [2.75, 3.05) is 10.0 Å². The minimum absolute atomic E-state index is 0.254. The molecule has 1 amide bonds. The summed E-state index contributed by atoms with van der Waals surface area (Å²) in [5, 5.41) is 3.99. The molecule has 0 spiro atoms. The van der Waals surface area contributed by atoms with Gasteiger partial charge in [0.05, 0.1) is 5.41 Å². The van der Waals surface area contributed by atoms with Gasteiger partial charge in [0.25, 0.3) is 15.9 Å². The van der Waals surface area contributed by atoms with Crippen LogP contribution in [0.15, 0.2) is 78.2 Å². The summed E-state index contributed by atoms with van der Waals surface area (Å²) in [6.45, 7) is 3.93. The van der Waals surface area contributed by atoms with E-state index in [2.05, 4.69) is 10.0 Å². The molecule has 0 bridgehead atoms. The molecule has 0 unspecified atom stereocenters. The second kappa shape index (κ2) is 8.75. The zero-order valence-corrected chi connectivity index (χ0v) is 17.0. The number of aryl methyl sites for hydroxylation is 2. The van der Waals surface area contributed by atoms with Crippen LogP contribution in [0.2, 0.25) is 0 Å². The highest BCUT2D eigenvalue weighted by atomic mass is 32.2. The molecule has 3 aromatic rings. The van der Waals surface area contributed by atoms with Crippen molar-refractivity contribution in [2.24, 2.45) is 0 Å². The summed E-state index contributed by atoms with van der Waals surface area (Å²) < 4.78 is 26.9. The third-order valence-corrected chi connectivity index (χ3v) is 5.29. The predicted octanol–water partition coefficient (Wildman–Crippen LogP) is 4.97. The summed E-state index contributed by atoms with van der Waals surface area (Å²) in [6, 6.07) is 21.2. The highest BCUT2D eigenvalue weighted by Gasteiger charge is 2.10. The maximum absolute atomic E-state index is 12.4. The van der Waals surface area contributed by atoms with E-state index in [0.717, 1.165) is 27.8 Å². The molecule has 0 aliphatic rings. The van der Waals surface area contributed by atoms with E-state index >= 15 is 0 Å². The van der Waals surface area contributed by atoms with Crippen molar-refractivity contribution in [3.63, 3.8) is 0 Å². The normalized spacial score (nSPS) is 11.4. The number of hydrogen-bond acceptors (Lipinski definition) is 3. The Morgan fingerprint density at radius 2 is 1.59 bits per heavy atom. The summed E-state index contributed by atoms with van der Waals surface area (Å²) in [4.78, 5) is 12.4. The number of benzene rings is 3. The molecule has 0 saturated heterocycles. The van der Waals surface area contributed by atoms with Crippen LogP contribution in [0.25, 0.3) is 6.08 Å². The van der Waals surface area contributed by atoms with Crippen LogP contribution in [0.3, 0.4) is 0 Å². The van der Waals surface area contributed by atoms with Crippen molar-refractivity contribution in [1.29, 1.82) is 0 Å². The van der Waals surface area contributed by atoms with Gasteiger partial charge in [-0.15, -0.1) is 0 Å². The SMILES string of the molecule is Cc1ccc(NC(=O)c2ccc(NS(=O)(=O)/C=C/c3ccccc3)cc2)c(C)c1. The average Bonchev–Trinajstić information content (AvgIpc) is 2.70. The van der Waals surface area contributed by atoms with Crippen molar-refractivity contribution < 1.29 is 13.2 Å². The molecule has 0 radical (unpaired) electrons. The summed E-state index contributed by atoms with van der Waals surface area (Å²) in [6.07, 6.45) is 1.52. The molecule has 5 nitrogen and oxygen atoms in total. The van der Waals surface area contributed by atoms with E-state index in [1.807, 2.05) is 62.4 Å². The number of sulfonamides is 1. The number of rotatable bonds is 6. The first-order valence-corrected chi connectivity index (χ1v) is 10.6. The van der Waals surface area contributed by atoms with E-state index in [1.54, 1.807) is 24.3 Å². The number of amides is 1. The van der Waals surface area contributed by atoms with Gasteiger partial charge in [-0.1, -0.05) is 48.0 Å². The van der Waals surface area contributed by atoms with Gasteiger partial charge in [-0.3, -0.25) is 9.52 Å². The molecule has 0 fully saturated rings. The molecule has 0 saturated carbocycles. The van der Waals surface area contributed by atoms with Crippen LogP contribution in [0, 0.1) is 13.8 Å². The second-order valence-electron chi connectivity index (χ2n) is 6.71. The Kier molecular flexibility index (Phi) is 6.14. The highest BCUT2D eigenvalue weighted by molar-refractivity contribution is 7.95. The molecular weight excluding hydrogens is 384 g/mol. The van der Waals surface area contributed by atoms with Gasteiger partial charge in [0, 0.05) is 16.9 Å². The lowest BCUT2D eigenvalue weighted by Crippen LogP contribution is -2.13. The van der Waals surface area contributed by atoms with Crippen molar-refractivity contribution in [3.8, 4) is 0 Å². The van der Waals surface area contributed by atoms with E-state index in [1.165, 1.54) is 6.08 Å². The summed E-state index contributed by atoms with van der Waals surface area (Å²) in [7, 11) is -3.66. The number of nitrogens with one attached hydrogen (secondary N) is 2. The van der Waals surface area contributed by atoms with Crippen LogP contribution in [-0.2, 0) is 10.0 Å². The lowest BCUT2D eigenvalue weighted by atomic mass is 10.1. The smallest absolute Gasteiger partial charge is 0.255 e. The van der Waals surface area contributed by atoms with Gasteiger partial charge in [-0.05, 0) is 61.4 Å². The van der Waals surface area contributed by atoms with Gasteiger partial charge < -0.3 is 5.32 Å². The van der Waals surface area contributed by atoms with Crippen molar-refractivity contribution in [1.82, 2.24) is 0 Å². The van der Waals surface area contributed by atoms with Gasteiger partial charge in [0.1, 0.15) is 0 Å². The van der Waals surface area contributed by atoms with Crippen molar-refractivity contribution in [2.45, 2.75) is 13.8 Å². The summed E-state index contributed by atoms with van der Waals surface area (Å²) >= 11 is 0. The Morgan fingerprint density at radius 1 is 0.897 bits per heavy atom. The topological polar surface area (TPSA) is 75.3 Å². The Labute approximate surface area is 171 Å². The fourth-order valence-electron chi connectivity index (χ4n) is 2.77. The van der Waals surface area contributed by atoms with E-state index in [9.17, 15) is 13.2 Å². The molecule has 0 aliphatic heterocycles. The minimum atomic E-state index is -3.66. The third kappa shape index (κ3) is 5.80. The third-order valence-electron chi connectivity index (χ3n) is 4.28. The largest absolute Gasteiger partial charge is 0.322 e. The quantitative estimate of drug-likeness (QED) is 0.607. The maximum atomic E-state index is 12.4. The molecule has 6 heteroatoms. The van der Waals surface area contributed by atoms with Crippen molar-refractivity contribution in [3.05, 3.63) is 100 Å². The Hall–Kier alpha value is -3.38. The fourth-order valence-corrected chi connectivity index (χ4v) is 3.64. The van der Waals surface area contributed by atoms with Crippen LogP contribution in [0.5, 0.6) is 0 Å². The summed E-state index contributed by atoms with van der Waals surface area (Å²) in [5.41, 5.74) is 4.46. The second-order valence-corrected chi connectivity index (χ2v) is 8.28. The number of carbonyl (C=O) groups excluding carboxylic acids is 1. The minimum Gasteiger partial charge on any atom is -0.322 e. The molecular formula is C23H22N2O3S. The van der Waals surface area contributed by atoms with E-state index in [0.29, 0.717) is 11.3 Å². The molecule has 148 valence electrons. The van der Waals surface area contributed by atoms with Crippen LogP contribution in [0.4, 0.5) is 11.4 Å². The first-order valence-electron chi connectivity index (χ1n) is 9.07. The van der Waals surface area contributed by atoms with Crippen LogP contribution >= 0.6 is 0 Å². The lowest BCUT2D eigenvalue weighted by Gasteiger charge is -2.10. The zero-order chi connectivity index (χ0) is 20.9. The standard InChI is InChI=1S/C23H22N2O3S/c1-17-8-13-22(18(2)16-17)24-23(26)20-9-11-21(12-10-20)25-29(27,28)15-14-19-6-4-3-5-7-19/h3-16,25H,1-2H3,(H,24,26)/b15-14+. The molecule has 3 rings (SSSR count). The zero-order valence-electron chi connectivity index (χ0n) is 16.2. The van der Waals surface area contributed by atoms with Crippen LogP contribution < -0.4 is 10.0 Å². The van der Waals surface area contributed by atoms with Gasteiger partial charge in [0.15, 0.2) is 0 Å². The van der Waals surface area contributed by atoms with Gasteiger partial charge in [-0.25, -0.2) is 8.42 Å². The van der Waals surface area contributed by atoms with Gasteiger partial charge in [-0.2, -0.15) is 0 Å². The van der Waals surface area contributed by atoms with Gasteiger partial charge in [0.2, 0.25) is 0 Å². The molecule has 0 heterocycles. The van der Waals surface area contributed by atoms with Crippen molar-refractivity contribution >= 4 is 33.4 Å². The fraction of sp³-hybridized carbons (Fsp3) is 0.0870. The van der Waals surface area contributed by atoms with Gasteiger partial charge >= 0.3 is 0 Å². The monoisotopic (exact) mass is 406 g/mol. The molecule has 2 N–H and O–H groups in total. The first-order chi connectivity index (χ1) is 13.8. The van der Waals surface area contributed by atoms with Crippen LogP contribution in [0.1, 0.15) is 27.0 Å². The predicted molar refractivity (Wildman–Crippen MR) is 118 cm³/mol. The lowest BCUT2D eigenvalue weighted by molar-refractivity contribution is 0.102. The van der Waals surface area contributed by atoms with E-state index in [4.69, 9.17) is 0 Å². The molecule has 29 heavy (non-hydrogen) atoms. The first kappa shape index (κ1) is 20.4. The Morgan fingerprint density at radius 3 is 2.24 bits per heavy atom. The average molecular weight is 407 g/mol.